The maximum Gasteiger partial charge on any atom is 0.406 e. The highest BCUT2D eigenvalue weighted by Crippen LogP contribution is 2.50. The normalized spacial score (nSPS) is 18.0. The Labute approximate surface area is 180 Å². The predicted octanol–water partition coefficient (Wildman–Crippen LogP) is 3.53. The second-order valence-corrected chi connectivity index (χ2v) is 7.36. The van der Waals surface area contributed by atoms with E-state index in [-0.39, 0.29) is 35.9 Å². The molecule has 9 heteroatoms. The first-order chi connectivity index (χ1) is 12.8. The van der Waals surface area contributed by atoms with E-state index in [9.17, 15) is 18.0 Å². The summed E-state index contributed by atoms with van der Waals surface area (Å²) in [6.45, 7) is -0.717. The van der Waals surface area contributed by atoms with Crippen LogP contribution in [0, 0.1) is 0 Å². The molecule has 0 bridgehead atoms. The largest absolute Gasteiger partial charge is 0.406 e. The maximum atomic E-state index is 12.5. The van der Waals surface area contributed by atoms with Gasteiger partial charge in [0.2, 0.25) is 5.91 Å². The topological polar surface area (TPSA) is 47.9 Å². The molecule has 156 valence electrons. The van der Waals surface area contributed by atoms with Gasteiger partial charge in [0.15, 0.2) is 5.96 Å². The van der Waals surface area contributed by atoms with Crippen LogP contribution in [-0.2, 0) is 10.2 Å². The number of carbonyl (C=O) groups excluding carboxylic acids is 1. The Kier molecular flexibility index (Phi) is 7.22. The van der Waals surface area contributed by atoms with Gasteiger partial charge in [-0.3, -0.25) is 9.79 Å². The molecule has 0 aromatic heterocycles. The molecule has 1 spiro atoms. The Morgan fingerprint density at radius 2 is 1.93 bits per heavy atom. The summed E-state index contributed by atoms with van der Waals surface area (Å²) in [7, 11) is 2.77. The quantitative estimate of drug-likeness (QED) is 0.385. The number of carbonyl (C=O) groups is 1. The average Bonchev–Trinajstić information content (AvgIpc) is 3.21. The van der Waals surface area contributed by atoms with Crippen molar-refractivity contribution < 1.29 is 18.0 Å². The van der Waals surface area contributed by atoms with Gasteiger partial charge in [0.1, 0.15) is 6.54 Å². The molecular weight excluding hydrogens is 484 g/mol. The number of rotatable bonds is 3. The molecule has 0 saturated heterocycles. The van der Waals surface area contributed by atoms with Crippen LogP contribution in [0.5, 0.6) is 0 Å². The van der Waals surface area contributed by atoms with Crippen molar-refractivity contribution in [1.29, 1.82) is 0 Å². The zero-order valence-corrected chi connectivity index (χ0v) is 18.4. The highest BCUT2D eigenvalue weighted by Gasteiger charge is 2.45. The third-order valence-electron chi connectivity index (χ3n) is 5.50. The number of fused-ring (bicyclic) bond motifs is 2. The molecule has 1 fully saturated rings. The first kappa shape index (κ1) is 22.8. The summed E-state index contributed by atoms with van der Waals surface area (Å²) in [5.41, 5.74) is 2.46. The lowest BCUT2D eigenvalue weighted by Crippen LogP contribution is -2.48. The fourth-order valence-corrected chi connectivity index (χ4v) is 4.24. The van der Waals surface area contributed by atoms with E-state index in [1.807, 2.05) is 18.2 Å². The van der Waals surface area contributed by atoms with E-state index >= 15 is 0 Å². The fourth-order valence-electron chi connectivity index (χ4n) is 4.24. The van der Waals surface area contributed by atoms with Crippen molar-refractivity contribution in [3.63, 3.8) is 0 Å². The number of hydrogen-bond donors (Lipinski definition) is 1. The zero-order valence-electron chi connectivity index (χ0n) is 16.1. The van der Waals surface area contributed by atoms with E-state index in [0.29, 0.717) is 10.9 Å². The number of para-hydroxylation sites is 1. The van der Waals surface area contributed by atoms with Gasteiger partial charge < -0.3 is 15.1 Å². The van der Waals surface area contributed by atoms with Crippen LogP contribution in [-0.4, -0.2) is 56.7 Å². The summed E-state index contributed by atoms with van der Waals surface area (Å²) in [6.07, 6.45) is 0.203. The first-order valence-electron chi connectivity index (χ1n) is 9.14. The first-order valence-corrected chi connectivity index (χ1v) is 9.14. The molecule has 5 nitrogen and oxygen atoms in total. The van der Waals surface area contributed by atoms with Crippen LogP contribution in [0.2, 0.25) is 0 Å². The zero-order chi connectivity index (χ0) is 19.7. The van der Waals surface area contributed by atoms with E-state index in [2.05, 4.69) is 21.3 Å². The summed E-state index contributed by atoms with van der Waals surface area (Å²) in [5.74, 6) is -0.114. The molecule has 0 atom stereocenters. The number of amides is 1. The third kappa shape index (κ3) is 4.72. The van der Waals surface area contributed by atoms with Gasteiger partial charge >= 0.3 is 6.18 Å². The van der Waals surface area contributed by atoms with Gasteiger partial charge in [0.25, 0.3) is 0 Å². The SMILES string of the molecule is CN=C(NCC(=O)N(C)CC(F)(F)F)N1CC2(CCCC2)c2ccccc21.I. The average molecular weight is 510 g/mol. The molecule has 1 saturated carbocycles. The lowest BCUT2D eigenvalue weighted by Gasteiger charge is -2.27. The van der Waals surface area contributed by atoms with Crippen LogP contribution < -0.4 is 10.2 Å². The Morgan fingerprint density at radius 1 is 1.29 bits per heavy atom. The Balaban J connectivity index is 0.00000280. The van der Waals surface area contributed by atoms with Gasteiger partial charge in [-0.1, -0.05) is 31.0 Å². The van der Waals surface area contributed by atoms with Crippen LogP contribution >= 0.6 is 24.0 Å². The number of aliphatic imine (C=N–C) groups is 1. The van der Waals surface area contributed by atoms with Crippen molar-refractivity contribution in [3.8, 4) is 0 Å². The van der Waals surface area contributed by atoms with E-state index in [1.54, 1.807) is 7.05 Å². The van der Waals surface area contributed by atoms with Crippen LogP contribution in [0.15, 0.2) is 29.3 Å². The third-order valence-corrected chi connectivity index (χ3v) is 5.50. The molecule has 28 heavy (non-hydrogen) atoms. The number of guanidine groups is 1. The number of likely N-dealkylation sites (N-methyl/N-ethyl adjacent to an activating group) is 1. The molecule has 0 radical (unpaired) electrons. The number of halogens is 4. The summed E-state index contributed by atoms with van der Waals surface area (Å²) in [6, 6.07) is 8.19. The Hall–Kier alpha value is -1.52. The van der Waals surface area contributed by atoms with Crippen molar-refractivity contribution in [2.75, 3.05) is 38.6 Å². The molecule has 3 rings (SSSR count). The molecule has 1 aliphatic carbocycles. The summed E-state index contributed by atoms with van der Waals surface area (Å²) in [4.78, 5) is 19.0. The molecular formula is C19H26F3IN4O. The van der Waals surface area contributed by atoms with Crippen molar-refractivity contribution in [2.45, 2.75) is 37.3 Å². The Bertz CT molecular complexity index is 732. The molecule has 0 unspecified atom stereocenters. The van der Waals surface area contributed by atoms with Gasteiger partial charge in [0, 0.05) is 31.7 Å². The molecule has 2 aliphatic rings. The minimum atomic E-state index is -4.41. The lowest BCUT2D eigenvalue weighted by molar-refractivity contribution is -0.157. The monoisotopic (exact) mass is 510 g/mol. The maximum absolute atomic E-state index is 12.5. The van der Waals surface area contributed by atoms with Gasteiger partial charge in [0.05, 0.1) is 6.54 Å². The van der Waals surface area contributed by atoms with Gasteiger partial charge in [-0.15, -0.1) is 24.0 Å². The van der Waals surface area contributed by atoms with E-state index < -0.39 is 18.6 Å². The molecule has 1 amide bonds. The van der Waals surface area contributed by atoms with Crippen LogP contribution in [0.4, 0.5) is 18.9 Å². The molecule has 1 aromatic rings. The van der Waals surface area contributed by atoms with E-state index in [4.69, 9.17) is 0 Å². The van der Waals surface area contributed by atoms with E-state index in [0.717, 1.165) is 32.1 Å². The van der Waals surface area contributed by atoms with Gasteiger partial charge in [-0.05, 0) is 24.5 Å². The van der Waals surface area contributed by atoms with Crippen molar-refractivity contribution in [3.05, 3.63) is 29.8 Å². The van der Waals surface area contributed by atoms with E-state index in [1.165, 1.54) is 18.4 Å². The second-order valence-electron chi connectivity index (χ2n) is 7.36. The van der Waals surface area contributed by atoms with Gasteiger partial charge in [-0.2, -0.15) is 13.2 Å². The number of anilines is 1. The highest BCUT2D eigenvalue weighted by molar-refractivity contribution is 14.0. The van der Waals surface area contributed by atoms with Crippen LogP contribution in [0.3, 0.4) is 0 Å². The number of nitrogens with zero attached hydrogens (tertiary/aromatic N) is 3. The number of hydrogen-bond acceptors (Lipinski definition) is 2. The molecule has 1 aromatic carbocycles. The lowest BCUT2D eigenvalue weighted by atomic mass is 9.81. The number of benzene rings is 1. The second kappa shape index (κ2) is 8.87. The number of nitrogens with one attached hydrogen (secondary N) is 1. The van der Waals surface area contributed by atoms with Crippen molar-refractivity contribution in [1.82, 2.24) is 10.2 Å². The Morgan fingerprint density at radius 3 is 2.54 bits per heavy atom. The summed E-state index contributed by atoms with van der Waals surface area (Å²) in [5, 5.41) is 2.94. The standard InChI is InChI=1S/C19H25F3N4O.HI/c1-23-17(24-11-16(27)25(2)13-19(20,21)22)26-12-18(9-5-6-10-18)14-7-3-4-8-15(14)26;/h3-4,7-8H,5-6,9-13H2,1-2H3,(H,23,24);1H. The summed E-state index contributed by atoms with van der Waals surface area (Å²) < 4.78 is 37.4. The fraction of sp³-hybridized carbons (Fsp3) is 0.579. The van der Waals surface area contributed by atoms with Crippen molar-refractivity contribution >= 4 is 41.5 Å². The smallest absolute Gasteiger partial charge is 0.347 e. The minimum Gasteiger partial charge on any atom is -0.347 e. The highest BCUT2D eigenvalue weighted by atomic mass is 127. The molecule has 1 aliphatic heterocycles. The minimum absolute atomic E-state index is 0. The van der Waals surface area contributed by atoms with Gasteiger partial charge in [-0.25, -0.2) is 0 Å². The van der Waals surface area contributed by atoms with Crippen molar-refractivity contribution in [2.24, 2.45) is 4.99 Å². The predicted molar refractivity (Wildman–Crippen MR) is 114 cm³/mol. The van der Waals surface area contributed by atoms with Crippen LogP contribution in [0.25, 0.3) is 0 Å². The van der Waals surface area contributed by atoms with Crippen LogP contribution in [0.1, 0.15) is 31.2 Å². The molecule has 1 heterocycles. The number of alkyl halides is 3. The molecule has 1 N–H and O–H groups in total. The summed E-state index contributed by atoms with van der Waals surface area (Å²) >= 11 is 0.